The van der Waals surface area contributed by atoms with E-state index in [0.717, 1.165) is 23.4 Å². The summed E-state index contributed by atoms with van der Waals surface area (Å²) < 4.78 is 18.5. The van der Waals surface area contributed by atoms with Gasteiger partial charge in [-0.1, -0.05) is 24.3 Å². The fourth-order valence-corrected chi connectivity index (χ4v) is 2.41. The van der Waals surface area contributed by atoms with Crippen LogP contribution in [0, 0.1) is 5.82 Å². The van der Waals surface area contributed by atoms with Crippen LogP contribution in [0.15, 0.2) is 48.5 Å². The third kappa shape index (κ3) is 3.19. The minimum absolute atomic E-state index is 0.178. The molecule has 0 radical (unpaired) electrons. The van der Waals surface area contributed by atoms with Gasteiger partial charge >= 0.3 is 6.03 Å². The van der Waals surface area contributed by atoms with Crippen molar-refractivity contribution < 1.29 is 13.9 Å². The van der Waals surface area contributed by atoms with Gasteiger partial charge in [0.1, 0.15) is 11.6 Å². The zero-order valence-corrected chi connectivity index (χ0v) is 12.1. The van der Waals surface area contributed by atoms with E-state index < -0.39 is 0 Å². The lowest BCUT2D eigenvalue weighted by molar-refractivity contribution is 0.246. The molecule has 1 aliphatic rings. The Kier molecular flexibility index (Phi) is 4.23. The number of fused-ring (bicyclic) bond motifs is 1. The van der Waals surface area contributed by atoms with Gasteiger partial charge in [-0.05, 0) is 36.2 Å². The van der Waals surface area contributed by atoms with Crippen LogP contribution in [0.5, 0.6) is 5.75 Å². The minimum atomic E-state index is -0.284. The number of carbonyl (C=O) groups excluding carboxylic acids is 1. The predicted molar refractivity (Wildman–Crippen MR) is 82.5 cm³/mol. The van der Waals surface area contributed by atoms with Crippen molar-refractivity contribution in [3.8, 4) is 5.75 Å². The van der Waals surface area contributed by atoms with Crippen LogP contribution in [0.25, 0.3) is 0 Å². The van der Waals surface area contributed by atoms with Gasteiger partial charge in [0.15, 0.2) is 0 Å². The molecule has 2 amide bonds. The van der Waals surface area contributed by atoms with Crippen molar-refractivity contribution in [2.24, 2.45) is 0 Å². The van der Waals surface area contributed by atoms with Crippen LogP contribution < -0.4 is 15.0 Å². The van der Waals surface area contributed by atoms with E-state index in [2.05, 4.69) is 5.32 Å². The van der Waals surface area contributed by atoms with Gasteiger partial charge < -0.3 is 10.1 Å². The number of halogens is 1. The summed E-state index contributed by atoms with van der Waals surface area (Å²) in [5, 5.41) is 2.87. The van der Waals surface area contributed by atoms with E-state index in [1.807, 2.05) is 24.3 Å². The predicted octanol–water partition coefficient (Wildman–Crippen LogP) is 3.32. The molecule has 1 N–H and O–H groups in total. The largest absolute Gasteiger partial charge is 0.491 e. The van der Waals surface area contributed by atoms with Gasteiger partial charge in [-0.15, -0.1) is 0 Å². The second-order valence-corrected chi connectivity index (χ2v) is 5.11. The van der Waals surface area contributed by atoms with Crippen molar-refractivity contribution in [3.05, 3.63) is 59.9 Å². The highest BCUT2D eigenvalue weighted by Gasteiger charge is 2.21. The van der Waals surface area contributed by atoms with Gasteiger partial charge in [0.05, 0.1) is 12.3 Å². The number of ether oxygens (including phenoxy) is 1. The van der Waals surface area contributed by atoms with E-state index in [9.17, 15) is 9.18 Å². The average molecular weight is 300 g/mol. The fraction of sp³-hybridized carbons (Fsp3) is 0.235. The number of hydrogen-bond acceptors (Lipinski definition) is 2. The summed E-state index contributed by atoms with van der Waals surface area (Å²) in [5.41, 5.74) is 1.63. The Morgan fingerprint density at radius 1 is 1.18 bits per heavy atom. The van der Waals surface area contributed by atoms with Crippen LogP contribution in [0.2, 0.25) is 0 Å². The maximum Gasteiger partial charge on any atom is 0.322 e. The Morgan fingerprint density at radius 3 is 2.77 bits per heavy atom. The maximum absolute atomic E-state index is 12.9. The Labute approximate surface area is 128 Å². The normalized spacial score (nSPS) is 13.8. The number of nitrogens with zero attached hydrogens (tertiary/aromatic N) is 1. The maximum atomic E-state index is 12.9. The quantitative estimate of drug-likeness (QED) is 0.924. The lowest BCUT2D eigenvalue weighted by Crippen LogP contribution is -2.40. The smallest absolute Gasteiger partial charge is 0.322 e. The highest BCUT2D eigenvalue weighted by Crippen LogP contribution is 2.30. The minimum Gasteiger partial charge on any atom is -0.491 e. The van der Waals surface area contributed by atoms with E-state index in [1.54, 1.807) is 17.0 Å². The molecule has 0 saturated carbocycles. The summed E-state index contributed by atoms with van der Waals surface area (Å²) in [7, 11) is 0. The Bertz CT molecular complexity index is 658. The first-order valence-corrected chi connectivity index (χ1v) is 7.26. The number of hydrogen-bond donors (Lipinski definition) is 1. The van der Waals surface area contributed by atoms with Crippen LogP contribution >= 0.6 is 0 Å². The molecular formula is C17H17FN2O2. The number of benzene rings is 2. The molecule has 0 aromatic heterocycles. The monoisotopic (exact) mass is 300 g/mol. The zero-order valence-electron chi connectivity index (χ0n) is 12.1. The van der Waals surface area contributed by atoms with Gasteiger partial charge in [-0.2, -0.15) is 0 Å². The van der Waals surface area contributed by atoms with Crippen LogP contribution in [-0.4, -0.2) is 19.2 Å². The molecule has 1 heterocycles. The van der Waals surface area contributed by atoms with Gasteiger partial charge in [0.25, 0.3) is 0 Å². The first-order valence-electron chi connectivity index (χ1n) is 7.26. The second-order valence-electron chi connectivity index (χ2n) is 5.11. The van der Waals surface area contributed by atoms with E-state index in [-0.39, 0.29) is 11.8 Å². The van der Waals surface area contributed by atoms with Crippen molar-refractivity contribution in [1.82, 2.24) is 5.32 Å². The van der Waals surface area contributed by atoms with Crippen LogP contribution in [-0.2, 0) is 6.54 Å². The van der Waals surface area contributed by atoms with Gasteiger partial charge in [-0.3, -0.25) is 4.90 Å². The lowest BCUT2D eigenvalue weighted by Gasteiger charge is -2.22. The molecule has 0 aliphatic carbocycles. The van der Waals surface area contributed by atoms with E-state index in [4.69, 9.17) is 4.74 Å². The summed E-state index contributed by atoms with van der Waals surface area (Å²) in [6.07, 6.45) is 0.776. The van der Waals surface area contributed by atoms with Gasteiger partial charge in [0, 0.05) is 13.1 Å². The molecule has 1 aliphatic heterocycles. The molecule has 3 rings (SSSR count). The van der Waals surface area contributed by atoms with Gasteiger partial charge in [-0.25, -0.2) is 9.18 Å². The lowest BCUT2D eigenvalue weighted by atomic mass is 10.2. The number of rotatable bonds is 2. The number of para-hydroxylation sites is 2. The molecule has 0 saturated heterocycles. The van der Waals surface area contributed by atoms with Gasteiger partial charge in [0.2, 0.25) is 0 Å². The molecule has 0 spiro atoms. The van der Waals surface area contributed by atoms with E-state index in [1.165, 1.54) is 12.1 Å². The topological polar surface area (TPSA) is 41.6 Å². The zero-order chi connectivity index (χ0) is 15.4. The molecule has 22 heavy (non-hydrogen) atoms. The molecule has 0 fully saturated rings. The van der Waals surface area contributed by atoms with E-state index >= 15 is 0 Å². The molecule has 2 aromatic carbocycles. The summed E-state index contributed by atoms with van der Waals surface area (Å²) in [5.74, 6) is 0.436. The third-order valence-electron chi connectivity index (χ3n) is 3.54. The van der Waals surface area contributed by atoms with E-state index in [0.29, 0.717) is 19.7 Å². The first kappa shape index (κ1) is 14.4. The Morgan fingerprint density at radius 2 is 1.95 bits per heavy atom. The molecule has 0 unspecified atom stereocenters. The molecule has 4 nitrogen and oxygen atoms in total. The number of nitrogens with one attached hydrogen (secondary N) is 1. The Hall–Kier alpha value is -2.56. The standard InChI is InChI=1S/C17H17FN2O2/c18-14-8-6-13(7-9-14)12-19-17(21)20-10-3-11-22-16-5-2-1-4-15(16)20/h1-2,4-9H,3,10-12H2,(H,19,21). The fourth-order valence-electron chi connectivity index (χ4n) is 2.41. The van der Waals surface area contributed by atoms with Crippen LogP contribution in [0.4, 0.5) is 14.9 Å². The Balaban J connectivity index is 1.70. The number of urea groups is 1. The number of anilines is 1. The van der Waals surface area contributed by atoms with Crippen LogP contribution in [0.1, 0.15) is 12.0 Å². The highest BCUT2D eigenvalue weighted by molar-refractivity contribution is 5.93. The molecular weight excluding hydrogens is 283 g/mol. The molecule has 2 aromatic rings. The molecule has 5 heteroatoms. The summed E-state index contributed by atoms with van der Waals surface area (Å²) in [4.78, 5) is 14.1. The molecule has 114 valence electrons. The van der Waals surface area contributed by atoms with Crippen molar-refractivity contribution in [2.45, 2.75) is 13.0 Å². The SMILES string of the molecule is O=C(NCc1ccc(F)cc1)N1CCCOc2ccccc21. The van der Waals surface area contributed by atoms with Crippen molar-refractivity contribution in [2.75, 3.05) is 18.1 Å². The number of amides is 2. The molecule has 0 atom stereocenters. The first-order chi connectivity index (χ1) is 10.7. The van der Waals surface area contributed by atoms with Crippen molar-refractivity contribution >= 4 is 11.7 Å². The van der Waals surface area contributed by atoms with Crippen LogP contribution in [0.3, 0.4) is 0 Å². The highest BCUT2D eigenvalue weighted by atomic mass is 19.1. The number of carbonyl (C=O) groups is 1. The van der Waals surface area contributed by atoms with Crippen molar-refractivity contribution in [3.63, 3.8) is 0 Å². The summed E-state index contributed by atoms with van der Waals surface area (Å²) >= 11 is 0. The second kappa shape index (κ2) is 6.47. The summed E-state index contributed by atoms with van der Waals surface area (Å²) in [6.45, 7) is 1.56. The summed E-state index contributed by atoms with van der Waals surface area (Å²) in [6, 6.07) is 13.4. The molecule has 0 bridgehead atoms. The third-order valence-corrected chi connectivity index (χ3v) is 3.54. The van der Waals surface area contributed by atoms with Crippen molar-refractivity contribution in [1.29, 1.82) is 0 Å². The average Bonchev–Trinajstić information content (AvgIpc) is 2.76.